The summed E-state index contributed by atoms with van der Waals surface area (Å²) in [6.07, 6.45) is 9.41. The number of nitriles is 1. The quantitative estimate of drug-likeness (QED) is 0.693. The number of nitrogens with one attached hydrogen (secondary N) is 1. The number of pyridine rings is 1. The van der Waals surface area contributed by atoms with Gasteiger partial charge in [0.1, 0.15) is 5.82 Å². The summed E-state index contributed by atoms with van der Waals surface area (Å²) in [6.45, 7) is 3.17. The maximum atomic E-state index is 8.75. The lowest BCUT2D eigenvalue weighted by molar-refractivity contribution is 0.617. The van der Waals surface area contributed by atoms with Crippen LogP contribution in [0.5, 0.6) is 0 Å². The summed E-state index contributed by atoms with van der Waals surface area (Å²) in [6, 6.07) is 5.62. The molecule has 0 atom stereocenters. The van der Waals surface area contributed by atoms with Gasteiger partial charge in [-0.15, -0.1) is 0 Å². The number of nitrogens with zero attached hydrogens (tertiary/aromatic N) is 2. The fourth-order valence-corrected chi connectivity index (χ4v) is 1.72. The van der Waals surface area contributed by atoms with Crippen molar-refractivity contribution in [3.05, 3.63) is 23.9 Å². The lowest BCUT2D eigenvalue weighted by atomic mass is 10.1. The summed E-state index contributed by atoms with van der Waals surface area (Å²) in [5.41, 5.74) is 0.658. The molecule has 0 radical (unpaired) electrons. The largest absolute Gasteiger partial charge is 0.370 e. The Morgan fingerprint density at radius 1 is 1.24 bits per heavy atom. The zero-order chi connectivity index (χ0) is 12.3. The lowest BCUT2D eigenvalue weighted by Crippen LogP contribution is -2.03. The Hall–Kier alpha value is -1.56. The van der Waals surface area contributed by atoms with Gasteiger partial charge in [0.25, 0.3) is 0 Å². The van der Waals surface area contributed by atoms with Crippen LogP contribution in [0.25, 0.3) is 0 Å². The minimum absolute atomic E-state index is 0.658. The molecule has 1 N–H and O–H groups in total. The average Bonchev–Trinajstić information content (AvgIpc) is 2.38. The molecule has 1 aromatic rings. The zero-order valence-electron chi connectivity index (χ0n) is 10.6. The van der Waals surface area contributed by atoms with Crippen LogP contribution < -0.4 is 5.32 Å². The second-order valence-electron chi connectivity index (χ2n) is 4.24. The third-order valence-corrected chi connectivity index (χ3v) is 2.73. The van der Waals surface area contributed by atoms with Gasteiger partial charge >= 0.3 is 0 Å². The van der Waals surface area contributed by atoms with Crippen LogP contribution in [-0.4, -0.2) is 11.5 Å². The Kier molecular flexibility index (Phi) is 6.81. The van der Waals surface area contributed by atoms with Crippen molar-refractivity contribution in [1.29, 1.82) is 5.26 Å². The first-order chi connectivity index (χ1) is 8.36. The van der Waals surface area contributed by atoms with Crippen LogP contribution in [0.4, 0.5) is 5.82 Å². The molecule has 3 heteroatoms. The fraction of sp³-hybridized carbons (Fsp3) is 0.571. The van der Waals surface area contributed by atoms with Gasteiger partial charge in [-0.25, -0.2) is 4.98 Å². The molecule has 0 saturated heterocycles. The minimum atomic E-state index is 0.658. The van der Waals surface area contributed by atoms with Gasteiger partial charge in [-0.1, -0.05) is 39.0 Å². The molecule has 0 aliphatic rings. The molecule has 0 fully saturated rings. The molecule has 0 spiro atoms. The van der Waals surface area contributed by atoms with E-state index in [-0.39, 0.29) is 0 Å². The monoisotopic (exact) mass is 231 g/mol. The van der Waals surface area contributed by atoms with Crippen molar-refractivity contribution in [2.75, 3.05) is 11.9 Å². The predicted molar refractivity (Wildman–Crippen MR) is 70.8 cm³/mol. The first kappa shape index (κ1) is 13.5. The maximum Gasteiger partial charge on any atom is 0.127 e. The standard InChI is InChI=1S/C14H21N3/c1-2-3-4-5-6-7-9-16-14-11-13(12-15)8-10-17-14/h8,10-11H,2-7,9H2,1H3,(H,16,17). The van der Waals surface area contributed by atoms with E-state index in [1.807, 2.05) is 0 Å². The van der Waals surface area contributed by atoms with Gasteiger partial charge in [-0.3, -0.25) is 0 Å². The van der Waals surface area contributed by atoms with Gasteiger partial charge in [0.15, 0.2) is 0 Å². The molecule has 0 bridgehead atoms. The molecule has 1 rings (SSSR count). The predicted octanol–water partition coefficient (Wildman–Crippen LogP) is 3.73. The molecule has 0 amide bonds. The van der Waals surface area contributed by atoms with Gasteiger partial charge in [-0.05, 0) is 18.6 Å². The van der Waals surface area contributed by atoms with Crippen LogP contribution in [0.2, 0.25) is 0 Å². The van der Waals surface area contributed by atoms with Gasteiger partial charge < -0.3 is 5.32 Å². The highest BCUT2D eigenvalue weighted by Gasteiger charge is 1.95. The van der Waals surface area contributed by atoms with E-state index in [1.165, 1.54) is 38.5 Å². The Balaban J connectivity index is 2.12. The fourth-order valence-electron chi connectivity index (χ4n) is 1.72. The molecular weight excluding hydrogens is 210 g/mol. The van der Waals surface area contributed by atoms with Crippen molar-refractivity contribution in [3.8, 4) is 6.07 Å². The van der Waals surface area contributed by atoms with E-state index >= 15 is 0 Å². The molecule has 0 aliphatic heterocycles. The number of anilines is 1. The summed E-state index contributed by atoms with van der Waals surface area (Å²) in [4.78, 5) is 4.17. The number of rotatable bonds is 8. The molecule has 3 nitrogen and oxygen atoms in total. The highest BCUT2D eigenvalue weighted by molar-refractivity contribution is 5.42. The Morgan fingerprint density at radius 2 is 2.00 bits per heavy atom. The Labute approximate surface area is 104 Å². The van der Waals surface area contributed by atoms with Crippen LogP contribution in [0.1, 0.15) is 51.0 Å². The number of unbranched alkanes of at least 4 members (excludes halogenated alkanes) is 5. The molecule has 0 aliphatic carbocycles. The highest BCUT2D eigenvalue weighted by atomic mass is 15.0. The molecule has 1 heterocycles. The lowest BCUT2D eigenvalue weighted by Gasteiger charge is -2.05. The van der Waals surface area contributed by atoms with E-state index in [0.717, 1.165) is 12.4 Å². The van der Waals surface area contributed by atoms with E-state index < -0.39 is 0 Å². The minimum Gasteiger partial charge on any atom is -0.370 e. The van der Waals surface area contributed by atoms with Gasteiger partial charge in [0.05, 0.1) is 11.6 Å². The SMILES string of the molecule is CCCCCCCCNc1cc(C#N)ccn1. The zero-order valence-corrected chi connectivity index (χ0v) is 10.6. The van der Waals surface area contributed by atoms with E-state index in [2.05, 4.69) is 23.3 Å². The van der Waals surface area contributed by atoms with Crippen LogP contribution in [0.3, 0.4) is 0 Å². The van der Waals surface area contributed by atoms with Crippen molar-refractivity contribution < 1.29 is 0 Å². The van der Waals surface area contributed by atoms with Gasteiger partial charge in [0, 0.05) is 12.7 Å². The summed E-state index contributed by atoms with van der Waals surface area (Å²) in [7, 11) is 0. The molecule has 0 saturated carbocycles. The van der Waals surface area contributed by atoms with Crippen LogP contribution in [-0.2, 0) is 0 Å². The third kappa shape index (κ3) is 5.91. The topological polar surface area (TPSA) is 48.7 Å². The van der Waals surface area contributed by atoms with Crippen molar-refractivity contribution in [1.82, 2.24) is 4.98 Å². The first-order valence-electron chi connectivity index (χ1n) is 6.47. The van der Waals surface area contributed by atoms with Crippen LogP contribution >= 0.6 is 0 Å². The summed E-state index contributed by atoms with van der Waals surface area (Å²) < 4.78 is 0. The molecular formula is C14H21N3. The van der Waals surface area contributed by atoms with Crippen molar-refractivity contribution >= 4 is 5.82 Å². The molecule has 17 heavy (non-hydrogen) atoms. The first-order valence-corrected chi connectivity index (χ1v) is 6.47. The van der Waals surface area contributed by atoms with Crippen LogP contribution in [0.15, 0.2) is 18.3 Å². The van der Waals surface area contributed by atoms with Crippen molar-refractivity contribution in [2.24, 2.45) is 0 Å². The average molecular weight is 231 g/mol. The number of hydrogen-bond donors (Lipinski definition) is 1. The van der Waals surface area contributed by atoms with Gasteiger partial charge in [-0.2, -0.15) is 5.26 Å². The Bertz CT molecular complexity index is 355. The Morgan fingerprint density at radius 3 is 2.76 bits per heavy atom. The second kappa shape index (κ2) is 8.58. The summed E-state index contributed by atoms with van der Waals surface area (Å²) in [5.74, 6) is 0.803. The van der Waals surface area contributed by atoms with Crippen molar-refractivity contribution in [3.63, 3.8) is 0 Å². The van der Waals surface area contributed by atoms with Crippen molar-refractivity contribution in [2.45, 2.75) is 45.4 Å². The molecule has 1 aromatic heterocycles. The summed E-state index contributed by atoms with van der Waals surface area (Å²) >= 11 is 0. The van der Waals surface area contributed by atoms with Gasteiger partial charge in [0.2, 0.25) is 0 Å². The smallest absolute Gasteiger partial charge is 0.127 e. The maximum absolute atomic E-state index is 8.75. The van der Waals surface area contributed by atoms with E-state index in [4.69, 9.17) is 5.26 Å². The summed E-state index contributed by atoms with van der Waals surface area (Å²) in [5, 5.41) is 12.0. The van der Waals surface area contributed by atoms with E-state index in [1.54, 1.807) is 18.3 Å². The normalized spacial score (nSPS) is 9.88. The number of hydrogen-bond acceptors (Lipinski definition) is 3. The highest BCUT2D eigenvalue weighted by Crippen LogP contribution is 2.07. The van der Waals surface area contributed by atoms with E-state index in [0.29, 0.717) is 5.56 Å². The molecule has 92 valence electrons. The van der Waals surface area contributed by atoms with E-state index in [9.17, 15) is 0 Å². The molecule has 0 aromatic carbocycles. The third-order valence-electron chi connectivity index (χ3n) is 2.73. The number of aromatic nitrogens is 1. The second-order valence-corrected chi connectivity index (χ2v) is 4.24. The molecule has 0 unspecified atom stereocenters. The van der Waals surface area contributed by atoms with Crippen LogP contribution in [0, 0.1) is 11.3 Å².